The number of hydrogen-bond donors (Lipinski definition) is 1. The van der Waals surface area contributed by atoms with E-state index in [-0.39, 0.29) is 29.8 Å². The maximum Gasteiger partial charge on any atom is 0.306 e. The predicted molar refractivity (Wildman–Crippen MR) is 70.0 cm³/mol. The van der Waals surface area contributed by atoms with Crippen LogP contribution in [0.15, 0.2) is 12.2 Å². The third kappa shape index (κ3) is 5.34. The Kier molecular flexibility index (Phi) is 5.38. The molecule has 0 aliphatic heterocycles. The molecule has 0 saturated heterocycles. The van der Waals surface area contributed by atoms with Gasteiger partial charge in [0, 0.05) is 12.5 Å². The van der Waals surface area contributed by atoms with Gasteiger partial charge in [-0.05, 0) is 24.7 Å². The molecule has 0 bridgehead atoms. The summed E-state index contributed by atoms with van der Waals surface area (Å²) in [6, 6.07) is 0.247. The highest BCUT2D eigenvalue weighted by Gasteiger charge is 2.26. The molecular weight excluding hydrogens is 230 g/mol. The molecule has 1 N–H and O–H groups in total. The van der Waals surface area contributed by atoms with Crippen molar-refractivity contribution >= 4 is 11.9 Å². The van der Waals surface area contributed by atoms with Crippen molar-refractivity contribution in [3.05, 3.63) is 12.2 Å². The number of methoxy groups -OCH3 is 1. The Morgan fingerprint density at radius 1 is 1.33 bits per heavy atom. The van der Waals surface area contributed by atoms with E-state index in [4.69, 9.17) is 0 Å². The number of rotatable bonds is 5. The Morgan fingerprint density at radius 3 is 2.61 bits per heavy atom. The van der Waals surface area contributed by atoms with Gasteiger partial charge in [0.05, 0.1) is 13.5 Å². The monoisotopic (exact) mass is 253 g/mol. The van der Waals surface area contributed by atoms with Crippen molar-refractivity contribution < 1.29 is 14.3 Å². The zero-order valence-electron chi connectivity index (χ0n) is 11.5. The lowest BCUT2D eigenvalue weighted by Crippen LogP contribution is -2.38. The molecule has 18 heavy (non-hydrogen) atoms. The van der Waals surface area contributed by atoms with Crippen LogP contribution in [0.25, 0.3) is 0 Å². The summed E-state index contributed by atoms with van der Waals surface area (Å²) in [7, 11) is 1.37. The Labute approximate surface area is 109 Å². The molecule has 4 nitrogen and oxygen atoms in total. The first-order valence-corrected chi connectivity index (χ1v) is 6.44. The summed E-state index contributed by atoms with van der Waals surface area (Å²) in [5, 5.41) is 3.02. The highest BCUT2D eigenvalue weighted by atomic mass is 16.5. The average Bonchev–Trinajstić information content (AvgIpc) is 2.28. The fourth-order valence-electron chi connectivity index (χ4n) is 2.16. The summed E-state index contributed by atoms with van der Waals surface area (Å²) in [4.78, 5) is 23.1. The van der Waals surface area contributed by atoms with Crippen LogP contribution in [0.5, 0.6) is 0 Å². The van der Waals surface area contributed by atoms with Crippen molar-refractivity contribution in [1.29, 1.82) is 0 Å². The van der Waals surface area contributed by atoms with Crippen LogP contribution in [0.3, 0.4) is 0 Å². The van der Waals surface area contributed by atoms with Gasteiger partial charge in [-0.2, -0.15) is 0 Å². The van der Waals surface area contributed by atoms with E-state index in [0.717, 1.165) is 19.3 Å². The third-order valence-electron chi connectivity index (χ3n) is 3.12. The van der Waals surface area contributed by atoms with Crippen LogP contribution in [-0.2, 0) is 14.3 Å². The molecule has 4 heteroatoms. The summed E-state index contributed by atoms with van der Waals surface area (Å²) in [5.74, 6) is -0.252. The van der Waals surface area contributed by atoms with Crippen molar-refractivity contribution in [1.82, 2.24) is 5.32 Å². The molecule has 1 aliphatic rings. The smallest absolute Gasteiger partial charge is 0.306 e. The Balaban J connectivity index is 2.38. The third-order valence-corrected chi connectivity index (χ3v) is 3.12. The summed E-state index contributed by atoms with van der Waals surface area (Å²) in [6.07, 6.45) is 7.79. The van der Waals surface area contributed by atoms with Crippen LogP contribution < -0.4 is 5.32 Å². The number of carbonyl (C=O) groups is 2. The van der Waals surface area contributed by atoms with E-state index in [1.807, 2.05) is 13.8 Å². The topological polar surface area (TPSA) is 55.4 Å². The number of carbonyl (C=O) groups excluding carboxylic acids is 2. The molecule has 0 heterocycles. The number of allylic oxidation sites excluding steroid dienone is 1. The normalized spacial score (nSPS) is 19.4. The van der Waals surface area contributed by atoms with Gasteiger partial charge in [0.1, 0.15) is 0 Å². The van der Waals surface area contributed by atoms with Crippen molar-refractivity contribution in [2.24, 2.45) is 5.41 Å². The van der Waals surface area contributed by atoms with Gasteiger partial charge >= 0.3 is 5.97 Å². The summed E-state index contributed by atoms with van der Waals surface area (Å²) >= 11 is 0. The molecule has 1 rings (SSSR count). The molecule has 0 unspecified atom stereocenters. The molecule has 0 aromatic heterocycles. The lowest BCUT2D eigenvalue weighted by atomic mass is 9.85. The van der Waals surface area contributed by atoms with Gasteiger partial charge in [-0.3, -0.25) is 9.59 Å². The molecule has 1 aliphatic carbocycles. The lowest BCUT2D eigenvalue weighted by molar-refractivity contribution is -0.143. The first-order valence-electron chi connectivity index (χ1n) is 6.44. The molecule has 0 saturated carbocycles. The van der Waals surface area contributed by atoms with Crippen LogP contribution in [0.2, 0.25) is 0 Å². The molecule has 0 radical (unpaired) electrons. The van der Waals surface area contributed by atoms with Crippen LogP contribution in [0, 0.1) is 5.41 Å². The molecule has 102 valence electrons. The van der Waals surface area contributed by atoms with E-state index in [0.29, 0.717) is 6.42 Å². The minimum absolute atomic E-state index is 0.0178. The van der Waals surface area contributed by atoms with E-state index in [9.17, 15) is 9.59 Å². The fraction of sp³-hybridized carbons (Fsp3) is 0.714. The second kappa shape index (κ2) is 6.57. The number of nitrogens with one attached hydrogen (secondary N) is 1. The standard InChI is InChI=1S/C14H23NO3/c1-14(2,10-13(17)18-3)9-12(16)15-11-7-5-4-6-8-11/h4-5,11H,6-10H2,1-3H3,(H,15,16)/t11-/m1/s1. The van der Waals surface area contributed by atoms with Gasteiger partial charge in [-0.1, -0.05) is 26.0 Å². The number of ether oxygens (including phenoxy) is 1. The van der Waals surface area contributed by atoms with Crippen LogP contribution in [-0.4, -0.2) is 25.0 Å². The average molecular weight is 253 g/mol. The Morgan fingerprint density at radius 2 is 2.06 bits per heavy atom. The van der Waals surface area contributed by atoms with Crippen LogP contribution in [0.1, 0.15) is 46.0 Å². The lowest BCUT2D eigenvalue weighted by Gasteiger charge is -2.25. The quantitative estimate of drug-likeness (QED) is 0.603. The van der Waals surface area contributed by atoms with E-state index in [2.05, 4.69) is 22.2 Å². The van der Waals surface area contributed by atoms with Crippen molar-refractivity contribution in [2.75, 3.05) is 7.11 Å². The fourth-order valence-corrected chi connectivity index (χ4v) is 2.16. The zero-order chi connectivity index (χ0) is 13.6. The second-order valence-corrected chi connectivity index (χ2v) is 5.64. The van der Waals surface area contributed by atoms with Crippen molar-refractivity contribution in [3.8, 4) is 0 Å². The van der Waals surface area contributed by atoms with Gasteiger partial charge in [0.2, 0.25) is 5.91 Å². The predicted octanol–water partition coefficient (Wildman–Crippen LogP) is 2.19. The van der Waals surface area contributed by atoms with Gasteiger partial charge in [0.15, 0.2) is 0 Å². The molecule has 1 atom stereocenters. The molecule has 0 aromatic rings. The molecule has 0 aromatic carbocycles. The van der Waals surface area contributed by atoms with E-state index in [1.54, 1.807) is 0 Å². The maximum absolute atomic E-state index is 11.9. The van der Waals surface area contributed by atoms with E-state index in [1.165, 1.54) is 7.11 Å². The molecule has 0 spiro atoms. The van der Waals surface area contributed by atoms with Gasteiger partial charge in [0.25, 0.3) is 0 Å². The van der Waals surface area contributed by atoms with Crippen LogP contribution >= 0.6 is 0 Å². The Hall–Kier alpha value is -1.32. The van der Waals surface area contributed by atoms with Crippen LogP contribution in [0.4, 0.5) is 0 Å². The Bertz CT molecular complexity index is 334. The first-order chi connectivity index (χ1) is 8.43. The van der Waals surface area contributed by atoms with E-state index < -0.39 is 0 Å². The minimum atomic E-state index is -0.359. The van der Waals surface area contributed by atoms with Gasteiger partial charge in [-0.25, -0.2) is 0 Å². The largest absolute Gasteiger partial charge is 0.469 e. The summed E-state index contributed by atoms with van der Waals surface area (Å²) in [5.41, 5.74) is -0.359. The highest BCUT2D eigenvalue weighted by Crippen LogP contribution is 2.25. The SMILES string of the molecule is COC(=O)CC(C)(C)CC(=O)N[C@@H]1CC=CCC1. The summed E-state index contributed by atoms with van der Waals surface area (Å²) in [6.45, 7) is 3.81. The maximum atomic E-state index is 11.9. The molecular formula is C14H23NO3. The number of esters is 1. The van der Waals surface area contributed by atoms with Crippen molar-refractivity contribution in [3.63, 3.8) is 0 Å². The summed E-state index contributed by atoms with van der Waals surface area (Å²) < 4.78 is 4.64. The van der Waals surface area contributed by atoms with Crippen molar-refractivity contribution in [2.45, 2.75) is 52.0 Å². The minimum Gasteiger partial charge on any atom is -0.469 e. The number of hydrogen-bond acceptors (Lipinski definition) is 3. The van der Waals surface area contributed by atoms with E-state index >= 15 is 0 Å². The van der Waals surface area contributed by atoms with Gasteiger partial charge in [-0.15, -0.1) is 0 Å². The highest BCUT2D eigenvalue weighted by molar-refractivity contribution is 5.78. The molecule has 1 amide bonds. The zero-order valence-corrected chi connectivity index (χ0v) is 11.5. The van der Waals surface area contributed by atoms with Gasteiger partial charge < -0.3 is 10.1 Å². The molecule has 0 fully saturated rings. The number of amides is 1. The first kappa shape index (κ1) is 14.7. The second-order valence-electron chi connectivity index (χ2n) is 5.64.